The zero-order valence-electron chi connectivity index (χ0n) is 34.4. The van der Waals surface area contributed by atoms with Crippen LogP contribution in [0.4, 0.5) is 0 Å². The molecule has 0 aliphatic carbocycles. The van der Waals surface area contributed by atoms with E-state index in [1.165, 1.54) is 13.8 Å². The lowest BCUT2D eigenvalue weighted by Crippen LogP contribution is -2.39. The molecular weight excluding hydrogens is 798 g/mol. The lowest BCUT2D eigenvalue weighted by Gasteiger charge is -2.11. The first-order chi connectivity index (χ1) is 26.4. The highest BCUT2D eigenvalue weighted by Crippen LogP contribution is 2.04. The molecule has 0 bridgehead atoms. The van der Waals surface area contributed by atoms with Gasteiger partial charge < -0.3 is 97.6 Å². The van der Waals surface area contributed by atoms with Crippen molar-refractivity contribution in [3.8, 4) is 0 Å². The zero-order valence-corrected chi connectivity index (χ0v) is 34.4. The van der Waals surface area contributed by atoms with E-state index < -0.39 is 108 Å². The third-order valence-corrected chi connectivity index (χ3v) is 6.64. The van der Waals surface area contributed by atoms with Crippen LogP contribution in [0.5, 0.6) is 0 Å². The minimum Gasteiger partial charge on any atom is -0.480 e. The van der Waals surface area contributed by atoms with Crippen molar-refractivity contribution in [2.75, 3.05) is 0 Å². The van der Waals surface area contributed by atoms with E-state index in [1.54, 1.807) is 27.7 Å². The molecule has 59 heavy (non-hydrogen) atoms. The van der Waals surface area contributed by atoms with Gasteiger partial charge in [-0.15, -0.1) is 0 Å². The number of hydrogen-bond acceptors (Lipinski definition) is 18. The maximum Gasteiger partial charge on any atom is 0.323 e. The average molecular weight is 868 g/mol. The second kappa shape index (κ2) is 38.4. The Bertz CT molecular complexity index is 1130. The van der Waals surface area contributed by atoms with Crippen LogP contribution >= 0.6 is 0 Å². The normalized spacial score (nSPS) is 14.9. The number of aliphatic hydroxyl groups excluding tert-OH is 2. The van der Waals surface area contributed by atoms with E-state index in [0.717, 1.165) is 6.42 Å². The van der Waals surface area contributed by atoms with Crippen molar-refractivity contribution in [3.63, 3.8) is 0 Å². The molecule has 0 rings (SSSR count). The van der Waals surface area contributed by atoms with Crippen molar-refractivity contribution < 1.29 is 89.1 Å². The Morgan fingerprint density at radius 2 is 0.593 bits per heavy atom. The van der Waals surface area contributed by atoms with Gasteiger partial charge in [0.15, 0.2) is 0 Å². The Morgan fingerprint density at radius 3 is 0.627 bits per heavy atom. The second-order valence-corrected chi connectivity index (χ2v) is 12.9. The lowest BCUT2D eigenvalue weighted by molar-refractivity contribution is -0.141. The number of aliphatic carboxylic acids is 7. The standard InChI is InChI=1S/C6H13NO2.2C5H11NO2.2C4H8N2O3.2C4H9NO3/c1-3-4(2)5(7)6(8)9;2*1-3(2)4(6)5(7)8;2*5-2(4(8)9)1-3(6)7;2*1-2(6)3(5)4(7)8/h4-5H,3,7H2,1-2H3,(H,8,9);2*3-4H,6H2,1-2H3,(H,7,8);2*2H,1,5H2,(H2,6,7)(H,8,9);2*2-3,6H,5H2,1H3,(H,7,8). The highest BCUT2D eigenvalue weighted by Gasteiger charge is 2.19. The van der Waals surface area contributed by atoms with Crippen LogP contribution in [0, 0.1) is 17.8 Å². The fourth-order valence-corrected chi connectivity index (χ4v) is 2.09. The zero-order chi connectivity index (χ0) is 49.2. The number of carbonyl (C=O) groups excluding carboxylic acids is 2. The van der Waals surface area contributed by atoms with Gasteiger partial charge in [-0.1, -0.05) is 48.0 Å². The van der Waals surface area contributed by atoms with E-state index in [4.69, 9.17) is 86.1 Å². The van der Waals surface area contributed by atoms with Gasteiger partial charge in [-0.2, -0.15) is 0 Å². The molecule has 0 aliphatic heterocycles. The summed E-state index contributed by atoms with van der Waals surface area (Å²) in [6.07, 6.45) is -1.77. The van der Waals surface area contributed by atoms with Crippen LogP contribution < -0.4 is 51.6 Å². The monoisotopic (exact) mass is 867 g/mol. The number of hydrogen-bond donors (Lipinski definition) is 18. The van der Waals surface area contributed by atoms with Gasteiger partial charge in [-0.05, 0) is 31.6 Å². The largest absolute Gasteiger partial charge is 0.480 e. The van der Waals surface area contributed by atoms with Crippen LogP contribution in [-0.4, -0.2) is 154 Å². The van der Waals surface area contributed by atoms with E-state index in [1.807, 2.05) is 13.8 Å². The van der Waals surface area contributed by atoms with Crippen LogP contribution in [0.2, 0.25) is 0 Å². The van der Waals surface area contributed by atoms with Crippen LogP contribution in [0.25, 0.3) is 0 Å². The Hall–Kier alpha value is -5.13. The number of carboxylic acids is 7. The molecule has 0 aromatic heterocycles. The van der Waals surface area contributed by atoms with E-state index >= 15 is 0 Å². The minimum absolute atomic E-state index is 0.0208. The van der Waals surface area contributed by atoms with E-state index in [0.29, 0.717) is 0 Å². The topological polar surface area (TPSA) is 570 Å². The maximum atomic E-state index is 10.2. The number of carbonyl (C=O) groups is 9. The average Bonchev–Trinajstić information content (AvgIpc) is 3.09. The van der Waals surface area contributed by atoms with Crippen molar-refractivity contribution >= 4 is 53.6 Å². The van der Waals surface area contributed by atoms with E-state index in [9.17, 15) is 43.2 Å². The molecule has 0 aromatic carbocycles. The van der Waals surface area contributed by atoms with Crippen LogP contribution in [-0.2, 0) is 43.2 Å². The summed E-state index contributed by atoms with van der Waals surface area (Å²) < 4.78 is 0. The summed E-state index contributed by atoms with van der Waals surface area (Å²) in [5.74, 6) is -8.86. The van der Waals surface area contributed by atoms with Crippen LogP contribution in [0.15, 0.2) is 0 Å². The summed E-state index contributed by atoms with van der Waals surface area (Å²) in [6, 6.07) is -6.77. The van der Waals surface area contributed by atoms with Crippen molar-refractivity contribution in [2.45, 2.75) is 129 Å². The first-order valence-corrected chi connectivity index (χ1v) is 17.2. The van der Waals surface area contributed by atoms with Gasteiger partial charge >= 0.3 is 41.8 Å². The van der Waals surface area contributed by atoms with Gasteiger partial charge in [0, 0.05) is 0 Å². The number of amides is 2. The fourth-order valence-electron chi connectivity index (χ4n) is 2.09. The summed E-state index contributed by atoms with van der Waals surface area (Å²) in [6.45, 7) is 13.5. The fraction of sp³-hybridized carbons (Fsp3) is 0.719. The van der Waals surface area contributed by atoms with Crippen LogP contribution in [0.1, 0.15) is 74.7 Å². The van der Waals surface area contributed by atoms with Crippen molar-refractivity contribution in [1.29, 1.82) is 0 Å². The quantitative estimate of drug-likeness (QED) is 0.0649. The highest BCUT2D eigenvalue weighted by molar-refractivity contribution is 5.83. The molecule has 0 heterocycles. The molecule has 10 unspecified atom stereocenters. The van der Waals surface area contributed by atoms with Crippen molar-refractivity contribution in [3.05, 3.63) is 0 Å². The predicted molar refractivity (Wildman–Crippen MR) is 209 cm³/mol. The molecule has 0 fully saturated rings. The van der Waals surface area contributed by atoms with Gasteiger partial charge in [0.1, 0.15) is 42.3 Å². The van der Waals surface area contributed by atoms with Gasteiger partial charge in [-0.3, -0.25) is 43.2 Å². The van der Waals surface area contributed by atoms with Gasteiger partial charge in [0.05, 0.1) is 25.0 Å². The molecule has 0 saturated carbocycles. The summed E-state index contributed by atoms with van der Waals surface area (Å²) in [5.41, 5.74) is 44.5. The number of aliphatic hydroxyl groups is 2. The Labute approximate surface area is 341 Å². The van der Waals surface area contributed by atoms with E-state index in [2.05, 4.69) is 11.5 Å². The second-order valence-electron chi connectivity index (χ2n) is 12.9. The molecule has 350 valence electrons. The molecule has 0 saturated heterocycles. The summed E-state index contributed by atoms with van der Waals surface area (Å²) in [4.78, 5) is 89.7. The molecule has 0 radical (unpaired) electrons. The van der Waals surface area contributed by atoms with Crippen LogP contribution in [0.3, 0.4) is 0 Å². The van der Waals surface area contributed by atoms with E-state index in [-0.39, 0.29) is 30.6 Å². The molecule has 27 nitrogen and oxygen atoms in total. The number of primary amides is 2. The Balaban J connectivity index is -0.000000107. The summed E-state index contributed by atoms with van der Waals surface area (Å²) in [7, 11) is 0. The maximum absolute atomic E-state index is 10.2. The molecule has 27 N–H and O–H groups in total. The predicted octanol–water partition coefficient (Wildman–Crippen LogP) is -5.34. The Kier molecular flexibility index (Phi) is 44.6. The summed E-state index contributed by atoms with van der Waals surface area (Å²) in [5, 5.41) is 74.1. The molecule has 2 amide bonds. The molecule has 27 heteroatoms. The van der Waals surface area contributed by atoms with Crippen molar-refractivity contribution in [2.24, 2.45) is 69.4 Å². The third kappa shape index (κ3) is 48.9. The Morgan fingerprint density at radius 1 is 0.390 bits per heavy atom. The minimum atomic E-state index is -1.21. The highest BCUT2D eigenvalue weighted by atomic mass is 16.4. The lowest BCUT2D eigenvalue weighted by atomic mass is 10.0. The molecule has 0 aromatic rings. The number of carboxylic acid groups (broad SMARTS) is 7. The van der Waals surface area contributed by atoms with Gasteiger partial charge in [0.2, 0.25) is 11.8 Å². The molecule has 0 spiro atoms. The number of rotatable bonds is 17. The molecule has 0 aliphatic rings. The summed E-state index contributed by atoms with van der Waals surface area (Å²) >= 11 is 0. The SMILES string of the molecule is CC(C)C(N)C(=O)O.CC(C)C(N)C(=O)O.CC(O)C(N)C(=O)O.CC(O)C(N)C(=O)O.CCC(C)C(N)C(=O)O.NC(=O)CC(N)C(=O)O.NC(=O)CC(N)C(=O)O. The number of nitrogens with two attached hydrogens (primary N) is 9. The first-order valence-electron chi connectivity index (χ1n) is 17.2. The molecular formula is C32H69N9O18. The van der Waals surface area contributed by atoms with Crippen molar-refractivity contribution in [1.82, 2.24) is 0 Å². The van der Waals surface area contributed by atoms with Gasteiger partial charge in [0.25, 0.3) is 0 Å². The first kappa shape index (κ1) is 68.5. The third-order valence-electron chi connectivity index (χ3n) is 6.64. The van der Waals surface area contributed by atoms with Gasteiger partial charge in [-0.25, -0.2) is 0 Å². The smallest absolute Gasteiger partial charge is 0.323 e. The molecule has 10 atom stereocenters.